The Morgan fingerprint density at radius 2 is 2.26 bits per heavy atom. The van der Waals surface area contributed by atoms with E-state index in [-0.39, 0.29) is 29.8 Å². The van der Waals surface area contributed by atoms with Crippen LogP contribution in [0.4, 0.5) is 14.9 Å². The summed E-state index contributed by atoms with van der Waals surface area (Å²) in [6.45, 7) is 0.890. The van der Waals surface area contributed by atoms with Crippen molar-refractivity contribution in [2.45, 2.75) is 25.6 Å². The minimum absolute atomic E-state index is 0.0862. The summed E-state index contributed by atoms with van der Waals surface area (Å²) in [7, 11) is 1.51. The molecule has 9 nitrogen and oxygen atoms in total. The van der Waals surface area contributed by atoms with Crippen LogP contribution in [0.15, 0.2) is 18.2 Å². The average molecular weight is 470 g/mol. The molecule has 0 saturated heterocycles. The van der Waals surface area contributed by atoms with Crippen LogP contribution in [-0.2, 0) is 35.5 Å². The smallest absolute Gasteiger partial charge is 0.322 e. The van der Waals surface area contributed by atoms with Crippen molar-refractivity contribution in [3.63, 3.8) is 0 Å². The van der Waals surface area contributed by atoms with Gasteiger partial charge in [-0.15, -0.1) is 0 Å². The Labute approximate surface area is 186 Å². The van der Waals surface area contributed by atoms with Gasteiger partial charge in [-0.1, -0.05) is 22.8 Å². The van der Waals surface area contributed by atoms with Crippen molar-refractivity contribution in [1.82, 2.24) is 19.7 Å². The second kappa shape index (κ2) is 8.65. The maximum atomic E-state index is 13.4. The monoisotopic (exact) mass is 469 g/mol. The molecule has 0 radical (unpaired) electrons. The van der Waals surface area contributed by atoms with Crippen LogP contribution in [-0.4, -0.2) is 67.9 Å². The highest BCUT2D eigenvalue weighted by atomic mass is 35.5. The summed E-state index contributed by atoms with van der Waals surface area (Å²) in [6, 6.07) is 3.55. The van der Waals surface area contributed by atoms with Crippen LogP contribution < -0.4 is 5.32 Å². The zero-order valence-electron chi connectivity index (χ0n) is 16.9. The second-order valence-electron chi connectivity index (χ2n) is 7.46. The fourth-order valence-electron chi connectivity index (χ4n) is 3.74. The fraction of sp³-hybridized carbons (Fsp3) is 0.421. The molecule has 0 saturated carbocycles. The number of fused-ring (bicyclic) bond motifs is 3. The summed E-state index contributed by atoms with van der Waals surface area (Å²) in [5.74, 6) is -0.665. The lowest BCUT2D eigenvalue weighted by atomic mass is 10.1. The Hall–Kier alpha value is -2.34. The molecule has 0 spiro atoms. The number of benzene rings is 1. The number of carbonyl (C=O) groups is 2. The van der Waals surface area contributed by atoms with E-state index in [1.807, 2.05) is 0 Å². The molecule has 0 fully saturated rings. The van der Waals surface area contributed by atoms with Gasteiger partial charge in [0.1, 0.15) is 23.4 Å². The zero-order chi connectivity index (χ0) is 22.3. The van der Waals surface area contributed by atoms with Gasteiger partial charge in [0.25, 0.3) is 5.91 Å². The Morgan fingerprint density at radius 1 is 1.48 bits per heavy atom. The topological polar surface area (TPSA) is 103 Å². The first-order valence-electron chi connectivity index (χ1n) is 9.57. The van der Waals surface area contributed by atoms with Gasteiger partial charge < -0.3 is 14.8 Å². The molecule has 3 amide bonds. The van der Waals surface area contributed by atoms with Crippen LogP contribution in [0.1, 0.15) is 21.7 Å². The first-order valence-corrected chi connectivity index (χ1v) is 11.7. The van der Waals surface area contributed by atoms with Crippen molar-refractivity contribution >= 4 is 40.4 Å². The highest BCUT2D eigenvalue weighted by Crippen LogP contribution is 2.27. The van der Waals surface area contributed by atoms with Crippen LogP contribution in [0.25, 0.3) is 0 Å². The Kier molecular flexibility index (Phi) is 6.11. The standard InChI is InChI=1S/C19H21ClFN5O4S/c1-24-18(27)17-13-9-25(19(28)22-11-3-4-15(21)14(20)7-11)6-5-16(13)23-26(17)8-12(30-24)10-31(2)29/h3-4,7,12H,5-6,8-10H2,1-2H3,(H,22,28)/t12-,31+/m0/s1. The van der Waals surface area contributed by atoms with E-state index in [4.69, 9.17) is 16.4 Å². The molecule has 3 heterocycles. The number of amides is 3. The van der Waals surface area contributed by atoms with E-state index in [2.05, 4.69) is 10.4 Å². The number of carbonyl (C=O) groups excluding carboxylic acids is 2. The second-order valence-corrected chi connectivity index (χ2v) is 9.34. The van der Waals surface area contributed by atoms with Gasteiger partial charge in [-0.2, -0.15) is 5.10 Å². The number of aromatic nitrogens is 2. The van der Waals surface area contributed by atoms with Gasteiger partial charge in [0.15, 0.2) is 0 Å². The highest BCUT2D eigenvalue weighted by Gasteiger charge is 2.36. The van der Waals surface area contributed by atoms with Gasteiger partial charge in [0.05, 0.1) is 30.1 Å². The molecular formula is C19H21ClFN5O4S. The maximum Gasteiger partial charge on any atom is 0.322 e. The average Bonchev–Trinajstić information content (AvgIpc) is 3.01. The van der Waals surface area contributed by atoms with E-state index in [0.29, 0.717) is 29.9 Å². The molecule has 0 unspecified atom stereocenters. The van der Waals surface area contributed by atoms with Gasteiger partial charge in [0, 0.05) is 31.3 Å². The van der Waals surface area contributed by atoms with Crippen molar-refractivity contribution < 1.29 is 23.4 Å². The molecule has 2 aromatic rings. The molecule has 2 aliphatic heterocycles. The summed E-state index contributed by atoms with van der Waals surface area (Å²) in [4.78, 5) is 32.9. The highest BCUT2D eigenvalue weighted by molar-refractivity contribution is 7.90. The molecule has 166 valence electrons. The van der Waals surface area contributed by atoms with Gasteiger partial charge >= 0.3 is 6.03 Å². The lowest BCUT2D eigenvalue weighted by molar-refractivity contribution is -0.140. The molecular weight excluding hydrogens is 449 g/mol. The molecule has 0 bridgehead atoms. The maximum absolute atomic E-state index is 13.4. The number of hydrogen-bond donors (Lipinski definition) is 1. The van der Waals surface area contributed by atoms with Crippen LogP contribution in [0.3, 0.4) is 0 Å². The zero-order valence-corrected chi connectivity index (χ0v) is 18.5. The number of urea groups is 1. The minimum atomic E-state index is -1.10. The Balaban J connectivity index is 1.55. The van der Waals surface area contributed by atoms with Crippen molar-refractivity contribution in [3.8, 4) is 0 Å². The largest absolute Gasteiger partial charge is 0.616 e. The normalized spacial score (nSPS) is 19.5. The van der Waals surface area contributed by atoms with Crippen LogP contribution in [0.2, 0.25) is 5.02 Å². The first-order chi connectivity index (χ1) is 14.7. The van der Waals surface area contributed by atoms with Crippen molar-refractivity contribution in [1.29, 1.82) is 0 Å². The van der Waals surface area contributed by atoms with E-state index in [1.54, 1.807) is 15.8 Å². The summed E-state index contributed by atoms with van der Waals surface area (Å²) >= 11 is 4.68. The predicted molar refractivity (Wildman–Crippen MR) is 113 cm³/mol. The molecule has 2 aliphatic rings. The molecule has 1 N–H and O–H groups in total. The number of rotatable bonds is 3. The van der Waals surface area contributed by atoms with Crippen molar-refractivity contribution in [3.05, 3.63) is 46.0 Å². The Bertz CT molecular complexity index is 1030. The van der Waals surface area contributed by atoms with Crippen LogP contribution in [0.5, 0.6) is 0 Å². The first kappa shape index (κ1) is 21.9. The third-order valence-corrected chi connectivity index (χ3v) is 6.28. The van der Waals surface area contributed by atoms with Gasteiger partial charge in [-0.3, -0.25) is 14.3 Å². The van der Waals surface area contributed by atoms with E-state index < -0.39 is 29.1 Å². The molecule has 1 aromatic heterocycles. The fourth-order valence-corrected chi connectivity index (χ4v) is 4.61. The number of nitrogens with one attached hydrogen (secondary N) is 1. The van der Waals surface area contributed by atoms with Crippen molar-refractivity contribution in [2.24, 2.45) is 0 Å². The SMILES string of the molecule is CN1O[C@H](C[S@@+](C)[O-])Cn2nc3c(c2C1=O)CN(C(=O)Nc1ccc(F)c(Cl)c1)CC3. The number of nitrogens with zero attached hydrogens (tertiary/aromatic N) is 4. The van der Waals surface area contributed by atoms with Crippen LogP contribution >= 0.6 is 11.6 Å². The summed E-state index contributed by atoms with van der Waals surface area (Å²) in [5, 5.41) is 8.31. The van der Waals surface area contributed by atoms with Gasteiger partial charge in [-0.05, 0) is 18.2 Å². The molecule has 1 aromatic carbocycles. The lowest BCUT2D eigenvalue weighted by Crippen LogP contribution is -2.39. The Morgan fingerprint density at radius 3 is 2.97 bits per heavy atom. The third-order valence-electron chi connectivity index (χ3n) is 5.15. The quantitative estimate of drug-likeness (QED) is 0.693. The summed E-state index contributed by atoms with van der Waals surface area (Å²) < 4.78 is 26.6. The summed E-state index contributed by atoms with van der Waals surface area (Å²) in [6.07, 6.45) is 1.61. The minimum Gasteiger partial charge on any atom is -0.616 e. The van der Waals surface area contributed by atoms with Crippen molar-refractivity contribution in [2.75, 3.05) is 30.9 Å². The molecule has 0 aliphatic carbocycles. The van der Waals surface area contributed by atoms with E-state index in [9.17, 15) is 18.5 Å². The predicted octanol–water partition coefficient (Wildman–Crippen LogP) is 2.03. The van der Waals surface area contributed by atoms with E-state index in [1.165, 1.54) is 25.2 Å². The van der Waals surface area contributed by atoms with Gasteiger partial charge in [0.2, 0.25) is 0 Å². The van der Waals surface area contributed by atoms with E-state index >= 15 is 0 Å². The molecule has 12 heteroatoms. The number of anilines is 1. The van der Waals surface area contributed by atoms with E-state index in [0.717, 1.165) is 10.8 Å². The number of hydroxylamine groups is 2. The number of hydrogen-bond acceptors (Lipinski definition) is 5. The molecule has 2 atom stereocenters. The summed E-state index contributed by atoms with van der Waals surface area (Å²) in [5.41, 5.74) is 2.15. The molecule has 31 heavy (non-hydrogen) atoms. The number of halogens is 2. The lowest BCUT2D eigenvalue weighted by Gasteiger charge is -2.27. The third kappa shape index (κ3) is 4.49. The van der Waals surface area contributed by atoms with Gasteiger partial charge in [-0.25, -0.2) is 14.2 Å². The van der Waals surface area contributed by atoms with Crippen LogP contribution in [0, 0.1) is 5.82 Å². The molecule has 4 rings (SSSR count).